The third-order valence-corrected chi connectivity index (χ3v) is 9.29. The number of halogens is 1. The van der Waals surface area contributed by atoms with Crippen molar-refractivity contribution in [2.24, 2.45) is 5.73 Å². The van der Waals surface area contributed by atoms with E-state index in [1.54, 1.807) is 6.92 Å². The van der Waals surface area contributed by atoms with E-state index in [0.717, 1.165) is 62.6 Å². The van der Waals surface area contributed by atoms with Gasteiger partial charge in [-0.15, -0.1) is 0 Å². The van der Waals surface area contributed by atoms with Gasteiger partial charge in [0.05, 0.1) is 18.2 Å². The van der Waals surface area contributed by atoms with Crippen molar-refractivity contribution in [2.45, 2.75) is 115 Å². The van der Waals surface area contributed by atoms with Crippen LogP contribution in [0.4, 0.5) is 11.6 Å². The van der Waals surface area contributed by atoms with Crippen LogP contribution >= 0.6 is 11.6 Å². The number of nitrogens with two attached hydrogens (primary N) is 3. The molecule has 2 amide bonds. The highest BCUT2D eigenvalue weighted by atomic mass is 35.5. The Morgan fingerprint density at radius 1 is 0.849 bits per heavy atom. The van der Waals surface area contributed by atoms with Crippen LogP contribution in [-0.4, -0.2) is 116 Å². The second-order valence-corrected chi connectivity index (χ2v) is 13.7. The van der Waals surface area contributed by atoms with E-state index in [2.05, 4.69) is 45.0 Å². The second kappa shape index (κ2) is 24.6. The smallest absolute Gasteiger partial charge is 0.280 e. The quantitative estimate of drug-likeness (QED) is 0.0364. The molecule has 298 valence electrons. The molecule has 14 N–H and O–H groups in total. The van der Waals surface area contributed by atoms with Crippen LogP contribution in [0.1, 0.15) is 93.3 Å². The molecule has 17 heteroatoms. The van der Waals surface area contributed by atoms with Gasteiger partial charge < -0.3 is 53.2 Å². The number of aliphatic hydroxyl groups excluding tert-OH is 4. The van der Waals surface area contributed by atoms with E-state index >= 15 is 0 Å². The lowest BCUT2D eigenvalue weighted by molar-refractivity contribution is -0.120. The van der Waals surface area contributed by atoms with E-state index in [-0.39, 0.29) is 41.4 Å². The van der Waals surface area contributed by atoms with Gasteiger partial charge in [0.2, 0.25) is 5.91 Å². The molecule has 0 aliphatic carbocycles. The number of anilines is 2. The Labute approximate surface area is 317 Å². The summed E-state index contributed by atoms with van der Waals surface area (Å²) in [6.45, 7) is 6.33. The van der Waals surface area contributed by atoms with Crippen LogP contribution in [0.15, 0.2) is 24.3 Å². The topological polar surface area (TPSA) is 282 Å². The standard InChI is InChI=1S/C36H61ClN10O6/c1-3-5-6-9-20-47(22-27(49)30(51)29(50)26(48)4-2)21-10-19-42-25(34(40)52)17-16-24-14-12-23(13-15-24)11-7-8-18-43-36(41)46-35(53)28-32(38)45-33(39)31(37)44-28/h12-15,25-27,29-30,42,48-51H,3-11,16-22H2,1-2H3,(H2,40,52)(H4,38,39,45)(H3,41,43,46,53)/t25-,26+,27-,29+,30+/m0/s1. The first-order chi connectivity index (χ1) is 25.3. The lowest BCUT2D eigenvalue weighted by Crippen LogP contribution is -2.49. The summed E-state index contributed by atoms with van der Waals surface area (Å²) < 4.78 is 0. The van der Waals surface area contributed by atoms with Gasteiger partial charge in [-0.3, -0.25) is 20.3 Å². The number of nitrogens with zero attached hydrogens (tertiary/aromatic N) is 3. The third kappa shape index (κ3) is 16.9. The number of nitrogens with one attached hydrogen (secondary N) is 4. The molecule has 0 aliphatic heterocycles. The first-order valence-electron chi connectivity index (χ1n) is 18.5. The largest absolute Gasteiger partial charge is 0.390 e. The highest BCUT2D eigenvalue weighted by Gasteiger charge is 2.30. The maximum Gasteiger partial charge on any atom is 0.280 e. The van der Waals surface area contributed by atoms with E-state index in [0.29, 0.717) is 38.9 Å². The Kier molecular flexibility index (Phi) is 21.2. The number of unbranched alkanes of at least 4 members (excludes halogenated alkanes) is 4. The number of aryl methyl sites for hydroxylation is 2. The fourth-order valence-electron chi connectivity index (χ4n) is 5.73. The Hall–Kier alpha value is -3.64. The van der Waals surface area contributed by atoms with Crippen LogP contribution in [-0.2, 0) is 17.6 Å². The minimum atomic E-state index is -1.46. The molecule has 2 aromatic rings. The summed E-state index contributed by atoms with van der Waals surface area (Å²) in [6, 6.07) is 7.70. The first-order valence-corrected chi connectivity index (χ1v) is 18.9. The van der Waals surface area contributed by atoms with Crippen LogP contribution in [0.25, 0.3) is 0 Å². The Morgan fingerprint density at radius 2 is 1.49 bits per heavy atom. The average molecular weight is 765 g/mol. The monoisotopic (exact) mass is 764 g/mol. The first kappa shape index (κ1) is 45.5. The number of hydrogen-bond donors (Lipinski definition) is 11. The fourth-order valence-corrected chi connectivity index (χ4v) is 5.85. The minimum Gasteiger partial charge on any atom is -0.390 e. The van der Waals surface area contributed by atoms with E-state index in [9.17, 15) is 30.0 Å². The summed E-state index contributed by atoms with van der Waals surface area (Å²) in [4.78, 5) is 34.2. The number of aromatic nitrogens is 2. The van der Waals surface area contributed by atoms with Crippen molar-refractivity contribution in [3.63, 3.8) is 0 Å². The van der Waals surface area contributed by atoms with E-state index < -0.39 is 42.3 Å². The van der Waals surface area contributed by atoms with E-state index in [4.69, 9.17) is 34.2 Å². The number of aliphatic hydroxyl groups is 4. The lowest BCUT2D eigenvalue weighted by atomic mass is 10.0. The number of hydrogen-bond acceptors (Lipinski definition) is 13. The van der Waals surface area contributed by atoms with Gasteiger partial charge >= 0.3 is 0 Å². The highest BCUT2D eigenvalue weighted by Crippen LogP contribution is 2.17. The number of guanidine groups is 1. The summed E-state index contributed by atoms with van der Waals surface area (Å²) in [5.74, 6) is -1.62. The van der Waals surface area contributed by atoms with E-state index in [1.807, 2.05) is 17.0 Å². The van der Waals surface area contributed by atoms with E-state index in [1.165, 1.54) is 0 Å². The molecule has 53 heavy (non-hydrogen) atoms. The molecule has 2 rings (SSSR count). The van der Waals surface area contributed by atoms with Gasteiger partial charge in [0, 0.05) is 13.1 Å². The van der Waals surface area contributed by atoms with Crippen LogP contribution in [0.3, 0.4) is 0 Å². The molecule has 0 radical (unpaired) electrons. The number of rotatable bonds is 26. The van der Waals surface area contributed by atoms with Crippen molar-refractivity contribution < 1.29 is 30.0 Å². The Bertz CT molecular complexity index is 1410. The molecule has 0 unspecified atom stereocenters. The fraction of sp³-hybridized carbons (Fsp3) is 0.639. The summed E-state index contributed by atoms with van der Waals surface area (Å²) in [5, 5.41) is 57.3. The van der Waals surface area contributed by atoms with Crippen molar-refractivity contribution in [1.29, 1.82) is 5.41 Å². The molecule has 16 nitrogen and oxygen atoms in total. The van der Waals surface area contributed by atoms with Gasteiger partial charge in [-0.2, -0.15) is 0 Å². The molecule has 0 aliphatic rings. The van der Waals surface area contributed by atoms with Crippen molar-refractivity contribution in [2.75, 3.05) is 44.2 Å². The average Bonchev–Trinajstić information content (AvgIpc) is 3.13. The zero-order valence-corrected chi connectivity index (χ0v) is 31.8. The zero-order valence-electron chi connectivity index (χ0n) is 31.1. The van der Waals surface area contributed by atoms with Gasteiger partial charge in [-0.25, -0.2) is 9.97 Å². The number of benzene rings is 1. The summed E-state index contributed by atoms with van der Waals surface area (Å²) >= 11 is 5.82. The Balaban J connectivity index is 1.73. The van der Waals surface area contributed by atoms with Gasteiger partial charge in [0.15, 0.2) is 28.4 Å². The SMILES string of the molecule is CCCCCCN(CCCN[C@@H](CCc1ccc(CCCCNC(=N)NC(=O)c2nc(Cl)c(N)nc2N)cc1)C(N)=O)C[C@H](O)[C@@H](O)[C@H](O)[C@H](O)CC. The summed E-state index contributed by atoms with van der Waals surface area (Å²) in [6.07, 6.45) is 3.58. The highest BCUT2D eigenvalue weighted by molar-refractivity contribution is 6.31. The maximum absolute atomic E-state index is 12.3. The number of amides is 2. The lowest BCUT2D eigenvalue weighted by Gasteiger charge is -2.31. The molecule has 1 aromatic carbocycles. The number of carbonyl (C=O) groups is 2. The molecule has 0 saturated heterocycles. The van der Waals surface area contributed by atoms with Crippen molar-refractivity contribution >= 4 is 41.0 Å². The summed E-state index contributed by atoms with van der Waals surface area (Å²) in [7, 11) is 0. The Morgan fingerprint density at radius 3 is 2.13 bits per heavy atom. The van der Waals surface area contributed by atoms with Gasteiger partial charge in [-0.1, -0.05) is 69.0 Å². The van der Waals surface area contributed by atoms with Crippen molar-refractivity contribution in [1.82, 2.24) is 30.8 Å². The van der Waals surface area contributed by atoms with Crippen molar-refractivity contribution in [3.8, 4) is 0 Å². The molecule has 0 spiro atoms. The number of nitrogen functional groups attached to an aromatic ring is 2. The molecule has 0 bridgehead atoms. The third-order valence-electron chi connectivity index (χ3n) is 9.01. The molecular formula is C36H61ClN10O6. The zero-order chi connectivity index (χ0) is 39.3. The van der Waals surface area contributed by atoms with Crippen LogP contribution in [0.2, 0.25) is 5.15 Å². The predicted molar refractivity (Wildman–Crippen MR) is 207 cm³/mol. The number of primary amides is 1. The second-order valence-electron chi connectivity index (χ2n) is 13.3. The van der Waals surface area contributed by atoms with Gasteiger partial charge in [0.25, 0.3) is 5.91 Å². The molecule has 0 fully saturated rings. The maximum atomic E-state index is 12.3. The molecule has 1 heterocycles. The van der Waals surface area contributed by atoms with Crippen LogP contribution in [0, 0.1) is 5.41 Å². The van der Waals surface area contributed by atoms with Gasteiger partial charge in [-0.05, 0) is 82.1 Å². The predicted octanol–water partition coefficient (Wildman–Crippen LogP) is 1.07. The van der Waals surface area contributed by atoms with Gasteiger partial charge in [0.1, 0.15) is 12.2 Å². The van der Waals surface area contributed by atoms with Crippen LogP contribution in [0.5, 0.6) is 0 Å². The summed E-state index contributed by atoms with van der Waals surface area (Å²) in [5.41, 5.74) is 19.0. The molecule has 5 atom stereocenters. The molecule has 0 saturated carbocycles. The molecular weight excluding hydrogens is 704 g/mol. The van der Waals surface area contributed by atoms with Crippen LogP contribution < -0.4 is 33.2 Å². The number of carbonyl (C=O) groups excluding carboxylic acids is 2. The van der Waals surface area contributed by atoms with Crippen molar-refractivity contribution in [3.05, 3.63) is 46.2 Å². The minimum absolute atomic E-state index is 0.0879. The molecule has 1 aromatic heterocycles. The normalized spacial score (nSPS) is 14.3.